The van der Waals surface area contributed by atoms with Crippen molar-refractivity contribution in [3.05, 3.63) is 244 Å². The van der Waals surface area contributed by atoms with Gasteiger partial charge in [0.05, 0.1) is 17.1 Å². The number of pyridine rings is 1. The summed E-state index contributed by atoms with van der Waals surface area (Å²) in [4.78, 5) is 5.03. The van der Waals surface area contributed by atoms with E-state index in [-0.39, 0.29) is 42.7 Å². The van der Waals surface area contributed by atoms with E-state index in [2.05, 4.69) is 321 Å². The van der Waals surface area contributed by atoms with Crippen LogP contribution in [0.25, 0.3) is 39.0 Å². The Morgan fingerprint density at radius 3 is 1.48 bits per heavy atom. The Bertz CT molecular complexity index is 3870. The Labute approximate surface area is 498 Å². The normalized spacial score (nSPS) is 13.0. The van der Waals surface area contributed by atoms with Gasteiger partial charge in [-0.3, -0.25) is 4.57 Å². The molecule has 0 aliphatic carbocycles. The van der Waals surface area contributed by atoms with Gasteiger partial charge in [-0.2, -0.15) is 12.1 Å². The molecule has 7 aromatic carbocycles. The van der Waals surface area contributed by atoms with Crippen LogP contribution in [0, 0.1) is 18.5 Å². The molecule has 420 valence electrons. The van der Waals surface area contributed by atoms with Gasteiger partial charge in [0.1, 0.15) is 5.82 Å². The van der Waals surface area contributed by atoms with Gasteiger partial charge in [0.25, 0.3) is 6.33 Å². The monoisotopic (exact) mass is 1250 g/mol. The minimum absolute atomic E-state index is 0. The van der Waals surface area contributed by atoms with Crippen LogP contribution in [-0.2, 0) is 59.0 Å². The van der Waals surface area contributed by atoms with Crippen molar-refractivity contribution in [2.75, 3.05) is 0 Å². The topological polar surface area (TPSA) is 35.9 Å². The Hall–Kier alpha value is -6.81. The van der Waals surface area contributed by atoms with E-state index in [0.717, 1.165) is 55.9 Å². The van der Waals surface area contributed by atoms with E-state index in [9.17, 15) is 0 Å². The maximum Gasteiger partial charge on any atom is 0.267 e. The summed E-state index contributed by atoms with van der Waals surface area (Å²) in [6, 6.07) is 67.5. The van der Waals surface area contributed by atoms with Gasteiger partial charge in [-0.1, -0.05) is 239 Å². The van der Waals surface area contributed by atoms with Gasteiger partial charge in [0, 0.05) is 55.1 Å². The molecule has 0 amide bonds. The van der Waals surface area contributed by atoms with Crippen molar-refractivity contribution in [2.45, 2.75) is 163 Å². The summed E-state index contributed by atoms with van der Waals surface area (Å²) in [5.41, 5.74) is 13.9. The molecule has 6 heteroatoms. The average molecular weight is 1250 g/mol. The summed E-state index contributed by atoms with van der Waals surface area (Å²) in [6.07, 6.45) is 6.06. The molecule has 0 aliphatic heterocycles. The van der Waals surface area contributed by atoms with Crippen molar-refractivity contribution < 1.29 is 30.4 Å². The van der Waals surface area contributed by atoms with E-state index < -0.39 is 16.2 Å². The summed E-state index contributed by atoms with van der Waals surface area (Å²) in [7, 11) is 0. The van der Waals surface area contributed by atoms with E-state index >= 15 is 0 Å². The first-order chi connectivity index (χ1) is 37.4. The number of fused-ring (bicyclic) bond motifs is 3. The molecule has 0 radical (unpaired) electrons. The molecule has 0 saturated heterocycles. The number of hydrogen-bond acceptors (Lipinski definition) is 2. The van der Waals surface area contributed by atoms with Gasteiger partial charge in [0.15, 0.2) is 0 Å². The summed E-state index contributed by atoms with van der Waals surface area (Å²) in [5, 5.41) is 2.24. The Kier molecular flexibility index (Phi) is 15.4. The molecule has 5 nitrogen and oxygen atoms in total. The zero-order chi connectivity index (χ0) is 57.5. The third-order valence-corrected chi connectivity index (χ3v) is 16.8. The third kappa shape index (κ3) is 11.3. The van der Waals surface area contributed by atoms with Crippen LogP contribution >= 0.6 is 0 Å². The maximum absolute atomic E-state index is 7.26. The molecule has 0 atom stereocenters. The second-order valence-corrected chi connectivity index (χ2v) is 28.0. The number of imidazole rings is 1. The first kappa shape index (κ1) is 58.8. The fraction of sp³-hybridized carbons (Fsp3) is 0.333. The van der Waals surface area contributed by atoms with Crippen molar-refractivity contribution in [1.29, 1.82) is 0 Å². The Morgan fingerprint density at radius 2 is 0.938 bits per heavy atom. The molecular weight excluding hydrogens is 1170 g/mol. The molecule has 0 saturated carbocycles. The number of rotatable bonds is 11. The van der Waals surface area contributed by atoms with Gasteiger partial charge >= 0.3 is 0 Å². The number of nitrogens with zero attached hydrogens (tertiary/aromatic N) is 4. The fourth-order valence-electron chi connectivity index (χ4n) is 11.4. The molecule has 81 heavy (non-hydrogen) atoms. The zero-order valence-electron chi connectivity index (χ0n) is 51.2. The number of ether oxygens (including phenoxy) is 1. The fourth-order valence-corrected chi connectivity index (χ4v) is 11.4. The van der Waals surface area contributed by atoms with E-state index in [1.807, 2.05) is 6.20 Å². The molecule has 0 aliphatic rings. The van der Waals surface area contributed by atoms with Crippen LogP contribution in [0.1, 0.15) is 181 Å². The largest absolute Gasteiger partial charge is 0.510 e. The molecule has 10 aromatic rings. The first-order valence-corrected chi connectivity index (χ1v) is 28.6. The Morgan fingerprint density at radius 1 is 0.420 bits per heavy atom. The number of benzene rings is 7. The first-order valence-electron chi connectivity index (χ1n) is 28.6. The molecule has 3 aromatic heterocycles. The predicted molar refractivity (Wildman–Crippen MR) is 333 cm³/mol. The second kappa shape index (κ2) is 21.2. The van der Waals surface area contributed by atoms with Gasteiger partial charge in [-0.25, -0.2) is 4.98 Å². The summed E-state index contributed by atoms with van der Waals surface area (Å²) in [5.74, 6) is 2.00. The van der Waals surface area contributed by atoms with Gasteiger partial charge < -0.3 is 13.9 Å². The van der Waals surface area contributed by atoms with Crippen molar-refractivity contribution >= 4 is 21.8 Å². The summed E-state index contributed by atoms with van der Waals surface area (Å²) in [6.45, 7) is 41.5. The third-order valence-electron chi connectivity index (χ3n) is 16.8. The second-order valence-electron chi connectivity index (χ2n) is 28.0. The van der Waals surface area contributed by atoms with Crippen molar-refractivity contribution in [3.63, 3.8) is 0 Å². The molecule has 10 rings (SSSR count). The molecular formula is C75H82N4OPt-2. The quantitative estimate of drug-likeness (QED) is 0.0956. The van der Waals surface area contributed by atoms with Crippen LogP contribution in [0.5, 0.6) is 11.5 Å². The molecule has 0 bridgehead atoms. The van der Waals surface area contributed by atoms with E-state index in [1.165, 1.54) is 38.9 Å². The van der Waals surface area contributed by atoms with Crippen LogP contribution in [0.2, 0.25) is 0 Å². The minimum atomic E-state index is -0.559. The van der Waals surface area contributed by atoms with Crippen LogP contribution in [0.15, 0.2) is 170 Å². The van der Waals surface area contributed by atoms with Gasteiger partial charge in [-0.05, 0) is 107 Å². The molecule has 0 N–H and O–H groups in total. The van der Waals surface area contributed by atoms with Crippen LogP contribution in [0.3, 0.4) is 0 Å². The van der Waals surface area contributed by atoms with E-state index in [4.69, 9.17) is 9.72 Å². The van der Waals surface area contributed by atoms with Gasteiger partial charge in [0.2, 0.25) is 0 Å². The van der Waals surface area contributed by atoms with E-state index in [0.29, 0.717) is 11.5 Å². The number of hydrogen-bond donors (Lipinski definition) is 0. The molecule has 0 spiro atoms. The SMILES string of the molecule is CC(C)(C)c1cc(-[n+]2[c-]n(-c3[c-]c(Oc4[c-]c5c(cc4)c4cc(C(C)(C)C)ccc4n5-c4cc(C(C)(C)C)ccn4)cc(C(C)(C)c4ccccc4)c3)c(C(C)(C)c3ccccc3)c2C(C)(C)c2ccccc2)cc(C(C)(C)C)c1.[Pt]. The summed E-state index contributed by atoms with van der Waals surface area (Å²) < 4.78 is 14.2. The van der Waals surface area contributed by atoms with E-state index in [1.54, 1.807) is 0 Å². The molecule has 0 fully saturated rings. The predicted octanol–water partition coefficient (Wildman–Crippen LogP) is 18.6. The standard InChI is InChI=1S/C75H82N4O.Pt/c1-69(2,3)53-34-37-64-63(45-53)62-36-35-60(48-65(62)79(64)66-46-54(38-39-76-66)70(4,5)6)80-61-44-57(73(13,14)50-28-22-19-23-29-50)43-59(47-61)78-49-77(58-41-55(71(7,8)9)40-56(42-58)72(10,11)12)67(74(15,16)51-30-24-20-25-31-51)68(78)75(17,18)52-32-26-21-27-33-52;/h19-46H,1-18H3;/q-2;. The van der Waals surface area contributed by atoms with Crippen molar-refractivity contribution in [2.24, 2.45) is 0 Å². The van der Waals surface area contributed by atoms with Crippen LogP contribution in [-0.4, -0.2) is 14.1 Å². The van der Waals surface area contributed by atoms with Gasteiger partial charge in [-0.15, -0.1) is 35.2 Å². The average Bonchev–Trinajstić information content (AvgIpc) is 4.09. The minimum Gasteiger partial charge on any atom is -0.510 e. The van der Waals surface area contributed by atoms with Crippen LogP contribution in [0.4, 0.5) is 0 Å². The maximum atomic E-state index is 7.26. The van der Waals surface area contributed by atoms with Crippen LogP contribution < -0.4 is 9.30 Å². The van der Waals surface area contributed by atoms with Crippen molar-refractivity contribution in [3.8, 4) is 28.7 Å². The smallest absolute Gasteiger partial charge is 0.267 e. The summed E-state index contributed by atoms with van der Waals surface area (Å²) >= 11 is 0. The molecule has 3 heterocycles. The number of aromatic nitrogens is 4. The Balaban J connectivity index is 0.00000792. The molecule has 0 unspecified atom stereocenters. The van der Waals surface area contributed by atoms with Crippen molar-refractivity contribution in [1.82, 2.24) is 14.1 Å². The zero-order valence-corrected chi connectivity index (χ0v) is 53.5.